The maximum atomic E-state index is 10.1. The summed E-state index contributed by atoms with van der Waals surface area (Å²) in [6.45, 7) is 5.05. The SMILES string of the molecule is CC1(C)OC[C@]2(CC(=NO)[C@H](OCc3ccccc3)[C@@H](OCc3ccccc3)[C@@H]2OCc2ccccc2)O1. The minimum Gasteiger partial charge on any atom is -0.411 e. The molecule has 1 saturated heterocycles. The molecule has 3 aromatic carbocycles. The molecule has 200 valence electrons. The van der Waals surface area contributed by atoms with Gasteiger partial charge in [0.1, 0.15) is 23.9 Å². The highest BCUT2D eigenvalue weighted by molar-refractivity contribution is 5.91. The van der Waals surface area contributed by atoms with Crippen LogP contribution in [0, 0.1) is 0 Å². The highest BCUT2D eigenvalue weighted by atomic mass is 16.8. The molecular formula is C31H35NO6. The first-order chi connectivity index (χ1) is 18.5. The lowest BCUT2D eigenvalue weighted by Gasteiger charge is -2.47. The monoisotopic (exact) mass is 517 g/mol. The topological polar surface area (TPSA) is 78.7 Å². The number of hydrogen-bond acceptors (Lipinski definition) is 7. The third-order valence-electron chi connectivity index (χ3n) is 7.00. The van der Waals surface area contributed by atoms with Crippen molar-refractivity contribution in [3.63, 3.8) is 0 Å². The van der Waals surface area contributed by atoms with E-state index in [2.05, 4.69) is 5.16 Å². The van der Waals surface area contributed by atoms with Gasteiger partial charge >= 0.3 is 0 Å². The molecule has 1 aliphatic carbocycles. The van der Waals surface area contributed by atoms with E-state index in [0.29, 0.717) is 25.5 Å². The van der Waals surface area contributed by atoms with Crippen LogP contribution in [-0.2, 0) is 43.5 Å². The Kier molecular flexibility index (Phi) is 8.21. The first-order valence-corrected chi connectivity index (χ1v) is 13.0. The van der Waals surface area contributed by atoms with Crippen LogP contribution in [0.1, 0.15) is 37.0 Å². The zero-order valence-corrected chi connectivity index (χ0v) is 21.9. The lowest BCUT2D eigenvalue weighted by Crippen LogP contribution is -2.65. The van der Waals surface area contributed by atoms with Gasteiger partial charge in [-0.15, -0.1) is 0 Å². The molecule has 5 rings (SSSR count). The third kappa shape index (κ3) is 6.14. The Morgan fingerprint density at radius 2 is 1.26 bits per heavy atom. The van der Waals surface area contributed by atoms with Gasteiger partial charge in [-0.3, -0.25) is 0 Å². The largest absolute Gasteiger partial charge is 0.411 e. The molecule has 2 fully saturated rings. The minimum absolute atomic E-state index is 0.273. The Labute approximate surface area is 223 Å². The molecule has 0 unspecified atom stereocenters. The summed E-state index contributed by atoms with van der Waals surface area (Å²) in [5, 5.41) is 13.8. The van der Waals surface area contributed by atoms with Gasteiger partial charge in [0.15, 0.2) is 5.79 Å². The van der Waals surface area contributed by atoms with Gasteiger partial charge in [0.2, 0.25) is 0 Å². The molecule has 38 heavy (non-hydrogen) atoms. The molecule has 1 spiro atoms. The molecule has 2 aliphatic rings. The maximum absolute atomic E-state index is 10.1. The van der Waals surface area contributed by atoms with E-state index in [-0.39, 0.29) is 13.0 Å². The lowest BCUT2D eigenvalue weighted by atomic mass is 9.77. The predicted molar refractivity (Wildman–Crippen MR) is 143 cm³/mol. The van der Waals surface area contributed by atoms with Crippen LogP contribution in [0.3, 0.4) is 0 Å². The smallest absolute Gasteiger partial charge is 0.163 e. The van der Waals surface area contributed by atoms with Crippen molar-refractivity contribution in [3.05, 3.63) is 108 Å². The van der Waals surface area contributed by atoms with E-state index in [4.69, 9.17) is 23.7 Å². The van der Waals surface area contributed by atoms with Crippen molar-refractivity contribution in [1.82, 2.24) is 0 Å². The van der Waals surface area contributed by atoms with Crippen LogP contribution >= 0.6 is 0 Å². The number of ether oxygens (including phenoxy) is 5. The number of benzene rings is 3. The fourth-order valence-electron chi connectivity index (χ4n) is 5.22. The summed E-state index contributed by atoms with van der Waals surface area (Å²) in [5.41, 5.74) is 2.59. The number of nitrogens with zero attached hydrogens (tertiary/aromatic N) is 1. The first-order valence-electron chi connectivity index (χ1n) is 13.0. The average molecular weight is 518 g/mol. The van der Waals surface area contributed by atoms with E-state index in [0.717, 1.165) is 16.7 Å². The summed E-state index contributed by atoms with van der Waals surface area (Å²) in [4.78, 5) is 0. The summed E-state index contributed by atoms with van der Waals surface area (Å²) >= 11 is 0. The van der Waals surface area contributed by atoms with E-state index >= 15 is 0 Å². The fourth-order valence-corrected chi connectivity index (χ4v) is 5.22. The van der Waals surface area contributed by atoms with Crippen LogP contribution in [-0.4, -0.2) is 47.2 Å². The van der Waals surface area contributed by atoms with E-state index in [1.807, 2.05) is 105 Å². The molecule has 4 atom stereocenters. The summed E-state index contributed by atoms with van der Waals surface area (Å²) < 4.78 is 32.2. The molecule has 1 N–H and O–H groups in total. The van der Waals surface area contributed by atoms with Crippen molar-refractivity contribution in [2.45, 2.75) is 69.8 Å². The Balaban J connectivity index is 1.48. The van der Waals surface area contributed by atoms with Crippen molar-refractivity contribution in [2.24, 2.45) is 5.16 Å². The molecular weight excluding hydrogens is 482 g/mol. The molecule has 0 aromatic heterocycles. The van der Waals surface area contributed by atoms with Crippen LogP contribution in [0.25, 0.3) is 0 Å². The third-order valence-corrected chi connectivity index (χ3v) is 7.00. The minimum atomic E-state index is -0.909. The maximum Gasteiger partial charge on any atom is 0.163 e. The zero-order chi connectivity index (χ0) is 26.4. The Morgan fingerprint density at radius 3 is 1.74 bits per heavy atom. The second kappa shape index (κ2) is 11.8. The molecule has 1 heterocycles. The van der Waals surface area contributed by atoms with E-state index in [1.165, 1.54) is 0 Å². The molecule has 7 heteroatoms. The van der Waals surface area contributed by atoms with E-state index in [9.17, 15) is 5.21 Å². The lowest BCUT2D eigenvalue weighted by molar-refractivity contribution is -0.237. The van der Waals surface area contributed by atoms with Gasteiger partial charge in [-0.25, -0.2) is 0 Å². The van der Waals surface area contributed by atoms with Crippen LogP contribution in [0.5, 0.6) is 0 Å². The average Bonchev–Trinajstić information content (AvgIpc) is 3.26. The normalized spacial score (nSPS) is 27.6. The Morgan fingerprint density at radius 1 is 0.763 bits per heavy atom. The van der Waals surface area contributed by atoms with E-state index < -0.39 is 29.7 Å². The highest BCUT2D eigenvalue weighted by Crippen LogP contribution is 2.44. The summed E-state index contributed by atoms with van der Waals surface area (Å²) in [5.74, 6) is -0.823. The van der Waals surface area contributed by atoms with Gasteiger partial charge in [-0.1, -0.05) is 96.2 Å². The van der Waals surface area contributed by atoms with E-state index in [1.54, 1.807) is 0 Å². The highest BCUT2D eigenvalue weighted by Gasteiger charge is 2.60. The zero-order valence-electron chi connectivity index (χ0n) is 21.9. The van der Waals surface area contributed by atoms with Crippen molar-refractivity contribution in [3.8, 4) is 0 Å². The molecule has 0 bridgehead atoms. The quantitative estimate of drug-likeness (QED) is 0.298. The van der Waals surface area contributed by atoms with Crippen molar-refractivity contribution in [2.75, 3.05) is 6.61 Å². The van der Waals surface area contributed by atoms with Crippen LogP contribution in [0.15, 0.2) is 96.2 Å². The van der Waals surface area contributed by atoms with Crippen LogP contribution in [0.2, 0.25) is 0 Å². The number of oxime groups is 1. The molecule has 0 radical (unpaired) electrons. The molecule has 1 saturated carbocycles. The van der Waals surface area contributed by atoms with Gasteiger partial charge < -0.3 is 28.9 Å². The van der Waals surface area contributed by atoms with Gasteiger partial charge in [-0.05, 0) is 30.5 Å². The Hall–Kier alpha value is -3.07. The summed E-state index contributed by atoms with van der Waals surface area (Å²) in [7, 11) is 0. The predicted octanol–water partition coefficient (Wildman–Crippen LogP) is 5.50. The van der Waals surface area contributed by atoms with Crippen molar-refractivity contribution >= 4 is 5.71 Å². The second-order valence-electron chi connectivity index (χ2n) is 10.3. The second-order valence-corrected chi connectivity index (χ2v) is 10.3. The molecule has 1 aliphatic heterocycles. The standard InChI is InChI=1S/C31H35NO6/c1-30(2)37-22-31(38-30)18-26(32-33)27(34-19-23-12-6-3-7-13-23)28(35-20-24-14-8-4-9-15-24)29(31)36-21-25-16-10-5-11-17-25/h3-17,27-29,33H,18-22H2,1-2H3/t27-,28+,29-,31-/m0/s1. The first kappa shape index (κ1) is 26.5. The summed E-state index contributed by atoms with van der Waals surface area (Å²) in [6.07, 6.45) is -1.54. The van der Waals surface area contributed by atoms with Crippen molar-refractivity contribution < 1.29 is 28.9 Å². The molecule has 3 aromatic rings. The number of rotatable bonds is 9. The Bertz CT molecular complexity index is 1190. The van der Waals surface area contributed by atoms with Gasteiger partial charge in [0.25, 0.3) is 0 Å². The van der Waals surface area contributed by atoms with Crippen molar-refractivity contribution in [1.29, 1.82) is 0 Å². The molecule has 0 amide bonds. The van der Waals surface area contributed by atoms with Crippen LogP contribution < -0.4 is 0 Å². The van der Waals surface area contributed by atoms with Gasteiger partial charge in [-0.2, -0.15) is 0 Å². The van der Waals surface area contributed by atoms with Gasteiger partial charge in [0.05, 0.1) is 32.1 Å². The van der Waals surface area contributed by atoms with Gasteiger partial charge in [0, 0.05) is 6.42 Å². The fraction of sp³-hybridized carbons (Fsp3) is 0.387. The summed E-state index contributed by atoms with van der Waals surface area (Å²) in [6, 6.07) is 29.8. The number of hydrogen-bond donors (Lipinski definition) is 1. The molecule has 7 nitrogen and oxygen atoms in total. The van der Waals surface area contributed by atoms with Crippen LogP contribution in [0.4, 0.5) is 0 Å².